The number of ether oxygens (including phenoxy) is 1. The molecule has 0 saturated heterocycles. The summed E-state index contributed by atoms with van der Waals surface area (Å²) in [4.78, 5) is 16.0. The van der Waals surface area contributed by atoms with Gasteiger partial charge in [-0.15, -0.1) is 0 Å². The third-order valence-corrected chi connectivity index (χ3v) is 4.74. The van der Waals surface area contributed by atoms with Crippen LogP contribution in [0.4, 0.5) is 5.69 Å². The lowest BCUT2D eigenvalue weighted by molar-refractivity contribution is -0.117. The van der Waals surface area contributed by atoms with E-state index in [2.05, 4.69) is 10.3 Å². The number of benzene rings is 2. The number of pyridine rings is 1. The van der Waals surface area contributed by atoms with Gasteiger partial charge in [0.05, 0.1) is 23.2 Å². The summed E-state index contributed by atoms with van der Waals surface area (Å²) in [5.74, 6) is 0.355. The van der Waals surface area contributed by atoms with E-state index in [0.29, 0.717) is 27.0 Å². The number of rotatable bonds is 6. The number of carbonyl (C=O) groups excluding carboxylic acids is 1. The van der Waals surface area contributed by atoms with Crippen LogP contribution in [0, 0.1) is 0 Å². The van der Waals surface area contributed by atoms with Crippen LogP contribution in [0.25, 0.3) is 10.8 Å². The lowest BCUT2D eigenvalue weighted by Gasteiger charge is -2.15. The first kappa shape index (κ1) is 19.4. The van der Waals surface area contributed by atoms with Gasteiger partial charge in [0, 0.05) is 33.8 Å². The maximum atomic E-state index is 11.9. The lowest BCUT2D eigenvalue weighted by Crippen LogP contribution is -2.18. The van der Waals surface area contributed by atoms with E-state index in [1.807, 2.05) is 24.3 Å². The summed E-state index contributed by atoms with van der Waals surface area (Å²) < 4.78 is 5.94. The minimum atomic E-state index is -0.736. The zero-order valence-electron chi connectivity index (χ0n) is 14.6. The quantitative estimate of drug-likeness (QED) is 0.616. The van der Waals surface area contributed by atoms with Crippen molar-refractivity contribution >= 4 is 45.6 Å². The number of nitrogens with zero attached hydrogens (tertiary/aromatic N) is 1. The second-order valence-electron chi connectivity index (χ2n) is 6.13. The Hall–Kier alpha value is -2.34. The third-order valence-electron chi connectivity index (χ3n) is 3.95. The number of aliphatic hydroxyl groups is 1. The number of fused-ring (bicyclic) bond motifs is 1. The smallest absolute Gasteiger partial charge is 0.227 e. The van der Waals surface area contributed by atoms with Gasteiger partial charge in [0.1, 0.15) is 12.4 Å². The van der Waals surface area contributed by atoms with E-state index in [-0.39, 0.29) is 18.9 Å². The Morgan fingerprint density at radius 1 is 1.26 bits per heavy atom. The Morgan fingerprint density at radius 3 is 2.85 bits per heavy atom. The van der Waals surface area contributed by atoms with E-state index in [1.54, 1.807) is 31.5 Å². The summed E-state index contributed by atoms with van der Waals surface area (Å²) in [5.41, 5.74) is 0.992. The van der Waals surface area contributed by atoms with Gasteiger partial charge in [0.15, 0.2) is 0 Å². The van der Waals surface area contributed by atoms with Crippen molar-refractivity contribution in [3.05, 3.63) is 64.4 Å². The van der Waals surface area contributed by atoms with Crippen LogP contribution in [-0.2, 0) is 11.4 Å². The van der Waals surface area contributed by atoms with Gasteiger partial charge < -0.3 is 15.2 Å². The van der Waals surface area contributed by atoms with E-state index < -0.39 is 6.10 Å². The molecule has 0 fully saturated rings. The number of carbonyl (C=O) groups is 1. The first-order valence-electron chi connectivity index (χ1n) is 8.36. The molecule has 1 heterocycles. The predicted molar refractivity (Wildman–Crippen MR) is 107 cm³/mol. The van der Waals surface area contributed by atoms with E-state index in [0.717, 1.165) is 10.8 Å². The molecule has 2 aromatic carbocycles. The molecule has 1 atom stereocenters. The zero-order chi connectivity index (χ0) is 19.4. The zero-order valence-corrected chi connectivity index (χ0v) is 16.1. The summed E-state index contributed by atoms with van der Waals surface area (Å²) in [7, 11) is 0. The standard InChI is InChI=1S/C20H18Cl2N2O3/c1-12(25)9-19(26)24-17-6-5-16(21)15(20(17)22)11-27-18-4-2-3-13-10-23-8-7-14(13)18/h2-8,10,12,25H,9,11H2,1H3,(H,24,26). The van der Waals surface area contributed by atoms with Gasteiger partial charge in [-0.25, -0.2) is 0 Å². The molecule has 3 aromatic rings. The molecule has 0 saturated carbocycles. The third kappa shape index (κ3) is 4.69. The minimum Gasteiger partial charge on any atom is -0.488 e. The SMILES string of the molecule is CC(O)CC(=O)Nc1ccc(Cl)c(COc2cccc3cnccc23)c1Cl. The van der Waals surface area contributed by atoms with E-state index >= 15 is 0 Å². The normalized spacial score (nSPS) is 12.0. The summed E-state index contributed by atoms with van der Waals surface area (Å²) in [6, 6.07) is 10.8. The minimum absolute atomic E-state index is 0.0190. The van der Waals surface area contributed by atoms with Crippen molar-refractivity contribution in [1.82, 2.24) is 4.98 Å². The number of hydrogen-bond acceptors (Lipinski definition) is 4. The maximum Gasteiger partial charge on any atom is 0.227 e. The van der Waals surface area contributed by atoms with Crippen molar-refractivity contribution in [2.75, 3.05) is 5.32 Å². The van der Waals surface area contributed by atoms with Crippen LogP contribution >= 0.6 is 23.2 Å². The first-order chi connectivity index (χ1) is 13.0. The van der Waals surface area contributed by atoms with Crippen LogP contribution in [0.1, 0.15) is 18.9 Å². The Bertz CT molecular complexity index is 971. The summed E-state index contributed by atoms with van der Waals surface area (Å²) >= 11 is 12.7. The topological polar surface area (TPSA) is 71.5 Å². The highest BCUT2D eigenvalue weighted by Crippen LogP contribution is 2.34. The number of aromatic nitrogens is 1. The molecule has 1 aromatic heterocycles. The molecule has 0 aliphatic rings. The van der Waals surface area contributed by atoms with Gasteiger partial charge in [0.25, 0.3) is 0 Å². The molecule has 3 rings (SSSR count). The molecule has 2 N–H and O–H groups in total. The fourth-order valence-electron chi connectivity index (χ4n) is 2.66. The second kappa shape index (κ2) is 8.57. The Kier molecular flexibility index (Phi) is 6.16. The van der Waals surface area contributed by atoms with Crippen LogP contribution < -0.4 is 10.1 Å². The van der Waals surface area contributed by atoms with Crippen molar-refractivity contribution in [2.45, 2.75) is 26.1 Å². The number of nitrogens with one attached hydrogen (secondary N) is 1. The number of halogens is 2. The molecule has 140 valence electrons. The average Bonchev–Trinajstić information content (AvgIpc) is 2.63. The molecular formula is C20H18Cl2N2O3. The van der Waals surface area contributed by atoms with E-state index in [1.165, 1.54) is 0 Å². The maximum absolute atomic E-state index is 11.9. The van der Waals surface area contributed by atoms with Gasteiger partial charge in [-0.1, -0.05) is 35.3 Å². The summed E-state index contributed by atoms with van der Waals surface area (Å²) in [6.45, 7) is 1.68. The van der Waals surface area contributed by atoms with Crippen molar-refractivity contribution in [1.29, 1.82) is 0 Å². The Balaban J connectivity index is 1.82. The number of aliphatic hydroxyl groups excluding tert-OH is 1. The molecule has 1 amide bonds. The molecule has 7 heteroatoms. The molecule has 0 aliphatic heterocycles. The average molecular weight is 405 g/mol. The van der Waals surface area contributed by atoms with E-state index in [4.69, 9.17) is 27.9 Å². The van der Waals surface area contributed by atoms with Crippen molar-refractivity contribution in [2.24, 2.45) is 0 Å². The predicted octanol–water partition coefficient (Wildman–Crippen LogP) is 4.83. The Labute approximate surface area is 166 Å². The summed E-state index contributed by atoms with van der Waals surface area (Å²) in [6.07, 6.45) is 2.71. The number of amides is 1. The molecule has 0 spiro atoms. The van der Waals surface area contributed by atoms with Gasteiger partial charge >= 0.3 is 0 Å². The van der Waals surface area contributed by atoms with Gasteiger partial charge in [-0.2, -0.15) is 0 Å². The molecule has 1 unspecified atom stereocenters. The van der Waals surface area contributed by atoms with Crippen LogP contribution in [0.3, 0.4) is 0 Å². The second-order valence-corrected chi connectivity index (χ2v) is 6.92. The fraction of sp³-hybridized carbons (Fsp3) is 0.200. The van der Waals surface area contributed by atoms with Crippen molar-refractivity contribution in [3.8, 4) is 5.75 Å². The van der Waals surface area contributed by atoms with Crippen LogP contribution in [0.15, 0.2) is 48.8 Å². The van der Waals surface area contributed by atoms with E-state index in [9.17, 15) is 9.90 Å². The number of hydrogen-bond donors (Lipinski definition) is 2. The molecule has 27 heavy (non-hydrogen) atoms. The highest BCUT2D eigenvalue weighted by Gasteiger charge is 2.15. The first-order valence-corrected chi connectivity index (χ1v) is 9.11. The molecule has 0 aliphatic carbocycles. The molecule has 0 bridgehead atoms. The van der Waals surface area contributed by atoms with Gasteiger partial charge in [-0.3, -0.25) is 9.78 Å². The van der Waals surface area contributed by atoms with Crippen LogP contribution in [0.5, 0.6) is 5.75 Å². The highest BCUT2D eigenvalue weighted by atomic mass is 35.5. The summed E-state index contributed by atoms with van der Waals surface area (Å²) in [5, 5.41) is 14.7. The Morgan fingerprint density at radius 2 is 2.07 bits per heavy atom. The van der Waals surface area contributed by atoms with Crippen LogP contribution in [-0.4, -0.2) is 22.1 Å². The van der Waals surface area contributed by atoms with Crippen molar-refractivity contribution in [3.63, 3.8) is 0 Å². The van der Waals surface area contributed by atoms with Crippen molar-refractivity contribution < 1.29 is 14.6 Å². The number of anilines is 1. The van der Waals surface area contributed by atoms with Crippen LogP contribution in [0.2, 0.25) is 10.0 Å². The van der Waals surface area contributed by atoms with Gasteiger partial charge in [-0.05, 0) is 31.2 Å². The van der Waals surface area contributed by atoms with Gasteiger partial charge in [0.2, 0.25) is 5.91 Å². The monoisotopic (exact) mass is 404 g/mol. The highest BCUT2D eigenvalue weighted by molar-refractivity contribution is 6.38. The molecular weight excluding hydrogens is 387 g/mol. The molecule has 0 radical (unpaired) electrons. The lowest BCUT2D eigenvalue weighted by atomic mass is 10.1. The fourth-order valence-corrected chi connectivity index (χ4v) is 3.19. The molecule has 5 nitrogen and oxygen atoms in total. The largest absolute Gasteiger partial charge is 0.488 e.